The summed E-state index contributed by atoms with van der Waals surface area (Å²) in [6, 6.07) is 14.4. The van der Waals surface area contributed by atoms with Crippen molar-refractivity contribution in [3.05, 3.63) is 70.3 Å². The zero-order valence-corrected chi connectivity index (χ0v) is 18.0. The number of imide groups is 1. The Morgan fingerprint density at radius 2 is 1.88 bits per heavy atom. The number of carbonyl (C=O) groups is 3. The van der Waals surface area contributed by atoms with Gasteiger partial charge in [-0.3, -0.25) is 19.7 Å². The molecule has 3 amide bonds. The molecule has 2 unspecified atom stereocenters. The minimum absolute atomic E-state index is 0.127. The molecular weight excluding hydrogens is 404 g/mol. The molecule has 7 heteroatoms. The summed E-state index contributed by atoms with van der Waals surface area (Å²) in [6.07, 6.45) is 2.78. The molecule has 0 saturated carbocycles. The third-order valence-electron chi connectivity index (χ3n) is 6.75. The summed E-state index contributed by atoms with van der Waals surface area (Å²) in [7, 11) is 0. The Balaban J connectivity index is 1.13. The van der Waals surface area contributed by atoms with Gasteiger partial charge in [-0.05, 0) is 54.1 Å². The van der Waals surface area contributed by atoms with Crippen LogP contribution in [0, 0.1) is 0 Å². The third-order valence-corrected chi connectivity index (χ3v) is 6.75. The number of benzene rings is 2. The van der Waals surface area contributed by atoms with Gasteiger partial charge in [0.15, 0.2) is 0 Å². The SMILES string of the molecule is O=C1CCC(N2Cc3cc(CNCCC4Cc5ccccc5CN4)ccc3C2=O)C(=O)N1. The van der Waals surface area contributed by atoms with Crippen LogP contribution >= 0.6 is 0 Å². The molecule has 0 aromatic heterocycles. The highest BCUT2D eigenvalue weighted by atomic mass is 16.2. The highest BCUT2D eigenvalue weighted by Crippen LogP contribution is 2.28. The van der Waals surface area contributed by atoms with E-state index in [9.17, 15) is 14.4 Å². The lowest BCUT2D eigenvalue weighted by molar-refractivity contribution is -0.136. The molecular formula is C25H28N4O3. The van der Waals surface area contributed by atoms with Gasteiger partial charge in [0.25, 0.3) is 5.91 Å². The molecule has 2 aromatic carbocycles. The standard InChI is InChI=1S/C25H28N4O3/c30-23-8-7-22(24(31)28-23)29-15-19-11-16(5-6-21(19)25(29)32)13-26-10-9-20-12-17-3-1-2-4-18(17)14-27-20/h1-6,11,20,22,26-27H,7-10,12-15H2,(H,28,30,31). The van der Waals surface area contributed by atoms with Gasteiger partial charge in [0.05, 0.1) is 0 Å². The lowest BCUT2D eigenvalue weighted by atomic mass is 9.94. The van der Waals surface area contributed by atoms with Gasteiger partial charge in [-0.1, -0.05) is 36.4 Å². The van der Waals surface area contributed by atoms with Crippen molar-refractivity contribution >= 4 is 17.7 Å². The van der Waals surface area contributed by atoms with Crippen LogP contribution in [-0.2, 0) is 35.6 Å². The molecule has 5 rings (SSSR count). The molecule has 166 valence electrons. The van der Waals surface area contributed by atoms with Crippen molar-refractivity contribution in [2.45, 2.75) is 57.4 Å². The second kappa shape index (κ2) is 8.84. The molecule has 0 aliphatic carbocycles. The second-order valence-corrected chi connectivity index (χ2v) is 8.91. The van der Waals surface area contributed by atoms with Crippen molar-refractivity contribution in [1.29, 1.82) is 0 Å². The van der Waals surface area contributed by atoms with E-state index in [4.69, 9.17) is 0 Å². The summed E-state index contributed by atoms with van der Waals surface area (Å²) in [5.41, 5.74) is 5.58. The molecule has 3 aliphatic heterocycles. The van der Waals surface area contributed by atoms with Crippen molar-refractivity contribution < 1.29 is 14.4 Å². The van der Waals surface area contributed by atoms with Crippen LogP contribution in [0.1, 0.15) is 51.9 Å². The number of rotatable bonds is 6. The number of hydrogen-bond donors (Lipinski definition) is 3. The van der Waals surface area contributed by atoms with Crippen LogP contribution in [0.15, 0.2) is 42.5 Å². The minimum atomic E-state index is -0.567. The van der Waals surface area contributed by atoms with Gasteiger partial charge in [0.2, 0.25) is 11.8 Å². The predicted octanol–water partition coefficient (Wildman–Crippen LogP) is 1.64. The maximum absolute atomic E-state index is 12.8. The summed E-state index contributed by atoms with van der Waals surface area (Å²) >= 11 is 0. The zero-order chi connectivity index (χ0) is 22.1. The Kier molecular flexibility index (Phi) is 5.76. The lowest BCUT2D eigenvalue weighted by Gasteiger charge is -2.29. The monoisotopic (exact) mass is 432 g/mol. The van der Waals surface area contributed by atoms with Crippen LogP contribution in [0.25, 0.3) is 0 Å². The predicted molar refractivity (Wildman–Crippen MR) is 120 cm³/mol. The van der Waals surface area contributed by atoms with Crippen molar-refractivity contribution in [2.75, 3.05) is 6.54 Å². The van der Waals surface area contributed by atoms with Crippen LogP contribution in [0.3, 0.4) is 0 Å². The van der Waals surface area contributed by atoms with Crippen LogP contribution in [0.2, 0.25) is 0 Å². The van der Waals surface area contributed by atoms with Gasteiger partial charge < -0.3 is 15.5 Å². The van der Waals surface area contributed by atoms with E-state index in [1.54, 1.807) is 4.90 Å². The van der Waals surface area contributed by atoms with E-state index in [1.807, 2.05) is 12.1 Å². The number of amides is 3. The van der Waals surface area contributed by atoms with Gasteiger partial charge >= 0.3 is 0 Å². The van der Waals surface area contributed by atoms with Crippen LogP contribution in [-0.4, -0.2) is 41.2 Å². The molecule has 0 spiro atoms. The van der Waals surface area contributed by atoms with E-state index in [1.165, 1.54) is 11.1 Å². The average Bonchev–Trinajstić information content (AvgIpc) is 3.12. The van der Waals surface area contributed by atoms with Crippen LogP contribution < -0.4 is 16.0 Å². The van der Waals surface area contributed by atoms with Crippen LogP contribution in [0.4, 0.5) is 0 Å². The second-order valence-electron chi connectivity index (χ2n) is 8.91. The summed E-state index contributed by atoms with van der Waals surface area (Å²) in [5.74, 6) is -0.766. The van der Waals surface area contributed by atoms with Gasteiger partial charge in [-0.25, -0.2) is 0 Å². The van der Waals surface area contributed by atoms with Crippen molar-refractivity contribution in [3.63, 3.8) is 0 Å². The topological polar surface area (TPSA) is 90.5 Å². The highest BCUT2D eigenvalue weighted by molar-refractivity contribution is 6.05. The van der Waals surface area contributed by atoms with E-state index >= 15 is 0 Å². The van der Waals surface area contributed by atoms with Crippen LogP contribution in [0.5, 0.6) is 0 Å². The Morgan fingerprint density at radius 1 is 1.03 bits per heavy atom. The van der Waals surface area contributed by atoms with E-state index in [2.05, 4.69) is 46.3 Å². The average molecular weight is 433 g/mol. The first-order valence-electron chi connectivity index (χ1n) is 11.4. The Bertz CT molecular complexity index is 1070. The number of nitrogens with one attached hydrogen (secondary N) is 3. The number of piperidine rings is 1. The first kappa shape index (κ1) is 20.8. The molecule has 3 aliphatic rings. The fourth-order valence-corrected chi connectivity index (χ4v) is 4.97. The van der Waals surface area contributed by atoms with E-state index in [0.29, 0.717) is 24.6 Å². The highest BCUT2D eigenvalue weighted by Gasteiger charge is 2.39. The van der Waals surface area contributed by atoms with Crippen molar-refractivity contribution in [3.8, 4) is 0 Å². The molecule has 3 heterocycles. The molecule has 7 nitrogen and oxygen atoms in total. The third kappa shape index (κ3) is 4.18. The Morgan fingerprint density at radius 3 is 2.72 bits per heavy atom. The number of nitrogens with zero attached hydrogens (tertiary/aromatic N) is 1. The molecule has 0 bridgehead atoms. The summed E-state index contributed by atoms with van der Waals surface area (Å²) in [4.78, 5) is 38.0. The number of carbonyl (C=O) groups excluding carboxylic acids is 3. The van der Waals surface area contributed by atoms with E-state index < -0.39 is 6.04 Å². The molecule has 0 radical (unpaired) electrons. The Labute approximate surface area is 187 Å². The quantitative estimate of drug-likeness (QED) is 0.477. The molecule has 1 saturated heterocycles. The number of hydrogen-bond acceptors (Lipinski definition) is 5. The molecule has 3 N–H and O–H groups in total. The fourth-order valence-electron chi connectivity index (χ4n) is 4.97. The maximum Gasteiger partial charge on any atom is 0.255 e. The molecule has 2 aromatic rings. The molecule has 32 heavy (non-hydrogen) atoms. The van der Waals surface area contributed by atoms with E-state index in [-0.39, 0.29) is 24.1 Å². The minimum Gasteiger partial charge on any atom is -0.322 e. The molecule has 1 fully saturated rings. The summed E-state index contributed by atoms with van der Waals surface area (Å²) in [6.45, 7) is 3.00. The first-order valence-corrected chi connectivity index (χ1v) is 11.4. The van der Waals surface area contributed by atoms with Gasteiger partial charge in [-0.15, -0.1) is 0 Å². The lowest BCUT2D eigenvalue weighted by Crippen LogP contribution is -2.52. The van der Waals surface area contributed by atoms with Gasteiger partial charge in [0, 0.05) is 37.7 Å². The van der Waals surface area contributed by atoms with E-state index in [0.717, 1.165) is 43.6 Å². The first-order chi connectivity index (χ1) is 15.6. The van der Waals surface area contributed by atoms with Crippen molar-refractivity contribution in [2.24, 2.45) is 0 Å². The smallest absolute Gasteiger partial charge is 0.255 e. The zero-order valence-electron chi connectivity index (χ0n) is 18.0. The molecule has 2 atom stereocenters. The maximum atomic E-state index is 12.8. The van der Waals surface area contributed by atoms with Gasteiger partial charge in [-0.2, -0.15) is 0 Å². The summed E-state index contributed by atoms with van der Waals surface area (Å²) in [5, 5.41) is 9.49. The van der Waals surface area contributed by atoms with Crippen molar-refractivity contribution in [1.82, 2.24) is 20.9 Å². The number of fused-ring (bicyclic) bond motifs is 2. The Hall–Kier alpha value is -3.03. The normalized spacial score (nSPS) is 22.5. The van der Waals surface area contributed by atoms with Gasteiger partial charge in [0.1, 0.15) is 6.04 Å². The summed E-state index contributed by atoms with van der Waals surface area (Å²) < 4.78 is 0. The largest absolute Gasteiger partial charge is 0.322 e. The fraction of sp³-hybridized carbons (Fsp3) is 0.400.